The molecule has 0 unspecified atom stereocenters. The van der Waals surface area contributed by atoms with E-state index in [-0.39, 0.29) is 17.6 Å². The lowest BCUT2D eigenvalue weighted by Gasteiger charge is -2.30. The third kappa shape index (κ3) is 4.49. The van der Waals surface area contributed by atoms with Gasteiger partial charge < -0.3 is 10.1 Å². The molecule has 6 heteroatoms. The van der Waals surface area contributed by atoms with E-state index in [0.29, 0.717) is 5.92 Å². The predicted octanol–water partition coefficient (Wildman–Crippen LogP) is 4.05. The molecule has 0 bridgehead atoms. The number of nitrogens with zero attached hydrogens (tertiary/aromatic N) is 1. The van der Waals surface area contributed by atoms with Gasteiger partial charge in [-0.2, -0.15) is 0 Å². The van der Waals surface area contributed by atoms with Crippen LogP contribution in [0.15, 0.2) is 35.7 Å². The summed E-state index contributed by atoms with van der Waals surface area (Å²) in [4.78, 5) is 29.0. The summed E-state index contributed by atoms with van der Waals surface area (Å²) in [7, 11) is 0. The second-order valence-corrected chi connectivity index (χ2v) is 7.69. The summed E-state index contributed by atoms with van der Waals surface area (Å²) in [5.74, 6) is -0.346. The Hall–Kier alpha value is -2.21. The van der Waals surface area contributed by atoms with Crippen molar-refractivity contribution in [3.8, 4) is 10.6 Å². The Morgan fingerprint density at radius 1 is 1.23 bits per heavy atom. The van der Waals surface area contributed by atoms with Crippen LogP contribution in [0.5, 0.6) is 0 Å². The Morgan fingerprint density at radius 2 is 1.96 bits per heavy atom. The number of hydrogen-bond acceptors (Lipinski definition) is 5. The maximum absolute atomic E-state index is 12.3. The summed E-state index contributed by atoms with van der Waals surface area (Å²) < 4.78 is 5.32. The van der Waals surface area contributed by atoms with Crippen molar-refractivity contribution in [3.63, 3.8) is 0 Å². The number of thiazole rings is 1. The van der Waals surface area contributed by atoms with Gasteiger partial charge in [-0.15, -0.1) is 11.3 Å². The summed E-state index contributed by atoms with van der Waals surface area (Å²) >= 11 is 1.38. The molecule has 0 radical (unpaired) electrons. The number of amides is 1. The van der Waals surface area contributed by atoms with Gasteiger partial charge >= 0.3 is 5.97 Å². The van der Waals surface area contributed by atoms with E-state index in [1.54, 1.807) is 12.3 Å². The first-order chi connectivity index (χ1) is 12.5. The van der Waals surface area contributed by atoms with Crippen molar-refractivity contribution in [2.45, 2.75) is 51.7 Å². The van der Waals surface area contributed by atoms with E-state index < -0.39 is 12.1 Å². The van der Waals surface area contributed by atoms with Gasteiger partial charge in [-0.1, -0.05) is 50.1 Å². The van der Waals surface area contributed by atoms with E-state index in [1.165, 1.54) is 17.8 Å². The van der Waals surface area contributed by atoms with E-state index in [2.05, 4.69) is 17.2 Å². The Bertz CT molecular complexity index is 759. The molecule has 1 amide bonds. The van der Waals surface area contributed by atoms with Gasteiger partial charge in [-0.3, -0.25) is 4.79 Å². The van der Waals surface area contributed by atoms with E-state index in [0.717, 1.165) is 29.8 Å². The number of carbonyl (C=O) groups excluding carboxylic acids is 2. The molecule has 1 aromatic heterocycles. The molecule has 138 valence electrons. The van der Waals surface area contributed by atoms with E-state index in [4.69, 9.17) is 4.74 Å². The lowest BCUT2D eigenvalue weighted by atomic mass is 9.86. The number of benzene rings is 1. The van der Waals surface area contributed by atoms with E-state index >= 15 is 0 Å². The normalized spacial score (nSPS) is 21.0. The van der Waals surface area contributed by atoms with Gasteiger partial charge in [0.05, 0.1) is 0 Å². The minimum atomic E-state index is -0.835. The zero-order valence-corrected chi connectivity index (χ0v) is 15.9. The lowest BCUT2D eigenvalue weighted by Crippen LogP contribution is -2.46. The minimum Gasteiger partial charge on any atom is -0.448 e. The van der Waals surface area contributed by atoms with Crippen LogP contribution in [0.1, 0.15) is 50.0 Å². The molecule has 0 spiro atoms. The van der Waals surface area contributed by atoms with Gasteiger partial charge in [-0.25, -0.2) is 9.78 Å². The molecule has 0 saturated heterocycles. The van der Waals surface area contributed by atoms with Crippen molar-refractivity contribution < 1.29 is 14.3 Å². The maximum atomic E-state index is 12.3. The molecule has 1 heterocycles. The Morgan fingerprint density at radius 3 is 2.69 bits per heavy atom. The van der Waals surface area contributed by atoms with Crippen LogP contribution in [0.25, 0.3) is 10.6 Å². The van der Waals surface area contributed by atoms with Gasteiger partial charge in [0.1, 0.15) is 5.01 Å². The van der Waals surface area contributed by atoms with Gasteiger partial charge in [0.15, 0.2) is 11.8 Å². The van der Waals surface area contributed by atoms with Crippen LogP contribution in [0.4, 0.5) is 0 Å². The number of nitrogens with one attached hydrogen (secondary N) is 1. The zero-order chi connectivity index (χ0) is 18.5. The maximum Gasteiger partial charge on any atom is 0.358 e. The van der Waals surface area contributed by atoms with Crippen LogP contribution in [0.3, 0.4) is 0 Å². The van der Waals surface area contributed by atoms with Crippen molar-refractivity contribution in [2.24, 2.45) is 5.92 Å². The van der Waals surface area contributed by atoms with Crippen LogP contribution in [0, 0.1) is 5.92 Å². The molecule has 1 saturated carbocycles. The molecule has 2 aromatic rings. The number of aromatic nitrogens is 1. The SMILES string of the molecule is C[C@@H](OC(=O)c1csc(-c2ccccc2)n1)C(=O)N[C@H]1CCCC[C@@H]1C. The summed E-state index contributed by atoms with van der Waals surface area (Å²) in [5, 5.41) is 5.44. The molecule has 1 aliphatic rings. The third-order valence-corrected chi connectivity index (χ3v) is 5.72. The van der Waals surface area contributed by atoms with Crippen LogP contribution in [-0.4, -0.2) is 29.0 Å². The van der Waals surface area contributed by atoms with Gasteiger partial charge in [0.2, 0.25) is 0 Å². The zero-order valence-electron chi connectivity index (χ0n) is 15.1. The molecule has 1 fully saturated rings. The Kier molecular flexibility index (Phi) is 6.04. The van der Waals surface area contributed by atoms with E-state index in [1.807, 2.05) is 30.3 Å². The Balaban J connectivity index is 1.57. The largest absolute Gasteiger partial charge is 0.448 e. The molecule has 26 heavy (non-hydrogen) atoms. The first-order valence-corrected chi connectivity index (χ1v) is 9.95. The molecule has 1 aromatic carbocycles. The highest BCUT2D eigenvalue weighted by atomic mass is 32.1. The average Bonchev–Trinajstić information content (AvgIpc) is 3.14. The fraction of sp³-hybridized carbons (Fsp3) is 0.450. The number of rotatable bonds is 5. The monoisotopic (exact) mass is 372 g/mol. The van der Waals surface area contributed by atoms with Crippen molar-refractivity contribution >= 4 is 23.2 Å². The fourth-order valence-corrected chi connectivity index (χ4v) is 3.98. The molecule has 5 nitrogen and oxygen atoms in total. The molecule has 1 aliphatic carbocycles. The van der Waals surface area contributed by atoms with Crippen LogP contribution in [-0.2, 0) is 9.53 Å². The number of hydrogen-bond donors (Lipinski definition) is 1. The first kappa shape index (κ1) is 18.6. The third-order valence-electron chi connectivity index (χ3n) is 4.83. The second kappa shape index (κ2) is 8.45. The van der Waals surface area contributed by atoms with E-state index in [9.17, 15) is 9.59 Å². The molecular weight excluding hydrogens is 348 g/mol. The number of ether oxygens (including phenoxy) is 1. The lowest BCUT2D eigenvalue weighted by molar-refractivity contribution is -0.130. The minimum absolute atomic E-state index is 0.168. The van der Waals surface area contributed by atoms with Gasteiger partial charge in [-0.05, 0) is 25.7 Å². The topological polar surface area (TPSA) is 68.3 Å². The first-order valence-electron chi connectivity index (χ1n) is 9.07. The summed E-state index contributed by atoms with van der Waals surface area (Å²) in [6.07, 6.45) is 3.62. The fourth-order valence-electron chi connectivity index (χ4n) is 3.19. The molecule has 3 rings (SSSR count). The molecule has 1 N–H and O–H groups in total. The van der Waals surface area contributed by atoms with Crippen molar-refractivity contribution in [1.29, 1.82) is 0 Å². The van der Waals surface area contributed by atoms with Gasteiger partial charge in [0.25, 0.3) is 5.91 Å². The molecular formula is C20H24N2O3S. The van der Waals surface area contributed by atoms with Crippen LogP contribution >= 0.6 is 11.3 Å². The highest BCUT2D eigenvalue weighted by Crippen LogP contribution is 2.25. The predicted molar refractivity (Wildman–Crippen MR) is 102 cm³/mol. The summed E-state index contributed by atoms with van der Waals surface area (Å²) in [6.45, 7) is 3.76. The quantitative estimate of drug-likeness (QED) is 0.804. The van der Waals surface area contributed by atoms with Crippen LogP contribution < -0.4 is 5.32 Å². The number of carbonyl (C=O) groups is 2. The Labute approximate surface area is 157 Å². The highest BCUT2D eigenvalue weighted by Gasteiger charge is 2.27. The summed E-state index contributed by atoms with van der Waals surface area (Å²) in [6, 6.07) is 9.83. The van der Waals surface area contributed by atoms with Crippen molar-refractivity contribution in [2.75, 3.05) is 0 Å². The summed E-state index contributed by atoms with van der Waals surface area (Å²) in [5.41, 5.74) is 1.19. The smallest absolute Gasteiger partial charge is 0.358 e. The molecule has 0 aliphatic heterocycles. The average molecular weight is 372 g/mol. The van der Waals surface area contributed by atoms with Crippen LogP contribution in [0.2, 0.25) is 0 Å². The van der Waals surface area contributed by atoms with Crippen molar-refractivity contribution in [1.82, 2.24) is 10.3 Å². The standard InChI is InChI=1S/C20H24N2O3S/c1-13-8-6-7-11-16(13)21-18(23)14(2)25-20(24)17-12-26-19(22-17)15-9-4-3-5-10-15/h3-5,9-10,12-14,16H,6-8,11H2,1-2H3,(H,21,23)/t13-,14+,16-/m0/s1. The van der Waals surface area contributed by atoms with Gasteiger partial charge in [0, 0.05) is 17.0 Å². The number of esters is 1. The van der Waals surface area contributed by atoms with Crippen molar-refractivity contribution in [3.05, 3.63) is 41.4 Å². The highest BCUT2D eigenvalue weighted by molar-refractivity contribution is 7.13. The molecule has 3 atom stereocenters. The second-order valence-electron chi connectivity index (χ2n) is 6.83.